The number of carboxylic acids is 1. The topological polar surface area (TPSA) is 137 Å². The van der Waals surface area contributed by atoms with Gasteiger partial charge in [0.25, 0.3) is 5.91 Å². The van der Waals surface area contributed by atoms with Gasteiger partial charge < -0.3 is 21.1 Å². The molecule has 0 aliphatic carbocycles. The van der Waals surface area contributed by atoms with Gasteiger partial charge in [-0.3, -0.25) is 19.7 Å². The Morgan fingerprint density at radius 2 is 1.69 bits per heavy atom. The van der Waals surface area contributed by atoms with Crippen molar-refractivity contribution in [3.8, 4) is 0 Å². The van der Waals surface area contributed by atoms with E-state index in [0.29, 0.717) is 22.7 Å². The summed E-state index contributed by atoms with van der Waals surface area (Å²) in [6.07, 6.45) is -0.283. The molecule has 1 unspecified atom stereocenters. The van der Waals surface area contributed by atoms with Crippen LogP contribution in [0.15, 0.2) is 66.0 Å². The monoisotopic (exact) mass is 494 g/mol. The van der Waals surface area contributed by atoms with Gasteiger partial charge in [-0.25, -0.2) is 4.79 Å². The van der Waals surface area contributed by atoms with E-state index < -0.39 is 29.9 Å². The summed E-state index contributed by atoms with van der Waals surface area (Å²) in [5.74, 6) is -2.05. The maximum absolute atomic E-state index is 12.4. The number of hydrogen-bond acceptors (Lipinski definition) is 5. The molecule has 3 aromatic rings. The van der Waals surface area contributed by atoms with Crippen LogP contribution in [0.3, 0.4) is 0 Å². The van der Waals surface area contributed by atoms with Crippen LogP contribution in [0.5, 0.6) is 0 Å². The van der Waals surface area contributed by atoms with Crippen LogP contribution >= 0.6 is 11.3 Å². The molecule has 5 N–H and O–H groups in total. The van der Waals surface area contributed by atoms with Crippen molar-refractivity contribution >= 4 is 40.2 Å². The van der Waals surface area contributed by atoms with Crippen molar-refractivity contribution in [3.63, 3.8) is 0 Å². The second kappa shape index (κ2) is 12.3. The van der Waals surface area contributed by atoms with Crippen molar-refractivity contribution in [2.45, 2.75) is 25.9 Å². The second-order valence-electron chi connectivity index (χ2n) is 7.80. The molecule has 35 heavy (non-hydrogen) atoms. The van der Waals surface area contributed by atoms with Crippen molar-refractivity contribution in [2.75, 3.05) is 11.9 Å². The number of amides is 4. The molecule has 0 bridgehead atoms. The van der Waals surface area contributed by atoms with Crippen LogP contribution in [-0.4, -0.2) is 35.5 Å². The number of carbonyl (C=O) groups is 4. The minimum absolute atomic E-state index is 0.283. The predicted octanol–water partition coefficient (Wildman–Crippen LogP) is 3.44. The van der Waals surface area contributed by atoms with E-state index in [2.05, 4.69) is 21.3 Å². The van der Waals surface area contributed by atoms with Gasteiger partial charge in [-0.05, 0) is 24.1 Å². The molecule has 0 saturated heterocycles. The van der Waals surface area contributed by atoms with Gasteiger partial charge in [0.1, 0.15) is 0 Å². The summed E-state index contributed by atoms with van der Waals surface area (Å²) in [7, 11) is 0. The fraction of sp³-hybridized carbons (Fsp3) is 0.200. The summed E-state index contributed by atoms with van der Waals surface area (Å²) in [6.45, 7) is 1.95. The van der Waals surface area contributed by atoms with Gasteiger partial charge in [0.05, 0.1) is 29.6 Å². The lowest BCUT2D eigenvalue weighted by molar-refractivity contribution is -0.137. The Bertz CT molecular complexity index is 1180. The first-order valence-corrected chi connectivity index (χ1v) is 11.7. The van der Waals surface area contributed by atoms with Crippen molar-refractivity contribution in [1.29, 1.82) is 0 Å². The molecule has 0 radical (unpaired) electrons. The lowest BCUT2D eigenvalue weighted by Gasteiger charge is -2.18. The number of thiophene rings is 1. The molecule has 0 fully saturated rings. The summed E-state index contributed by atoms with van der Waals surface area (Å²) in [6, 6.07) is 17.0. The van der Waals surface area contributed by atoms with Crippen LogP contribution in [0.25, 0.3) is 0 Å². The Balaban J connectivity index is 1.47. The number of rotatable bonds is 10. The molecule has 9 nitrogen and oxygen atoms in total. The first-order valence-electron chi connectivity index (χ1n) is 10.8. The molecule has 1 heterocycles. The van der Waals surface area contributed by atoms with E-state index in [1.54, 1.807) is 17.5 Å². The van der Waals surface area contributed by atoms with E-state index in [4.69, 9.17) is 0 Å². The van der Waals surface area contributed by atoms with E-state index in [9.17, 15) is 24.3 Å². The third-order valence-electron chi connectivity index (χ3n) is 5.00. The summed E-state index contributed by atoms with van der Waals surface area (Å²) in [5, 5.41) is 21.8. The van der Waals surface area contributed by atoms with Gasteiger partial charge in [0, 0.05) is 11.9 Å². The average molecular weight is 495 g/mol. The van der Waals surface area contributed by atoms with E-state index in [0.717, 1.165) is 11.1 Å². The molecule has 0 saturated carbocycles. The van der Waals surface area contributed by atoms with Gasteiger partial charge >= 0.3 is 12.0 Å². The molecule has 1 atom stereocenters. The first-order chi connectivity index (χ1) is 16.8. The largest absolute Gasteiger partial charge is 0.481 e. The standard InChI is InChI=1S/C25H26N4O5S/c1-16-7-9-18(10-8-16)20(12-23(31)32)28-21(30)14-26-24(33)19-11-22(35-15-19)29-25(34)27-13-17-5-3-2-4-6-17/h2-11,15,20H,12-14H2,1H3,(H,26,33)(H,28,30)(H,31,32)(H2,27,29,34). The highest BCUT2D eigenvalue weighted by molar-refractivity contribution is 7.14. The van der Waals surface area contributed by atoms with Gasteiger partial charge in [-0.15, -0.1) is 11.3 Å². The highest BCUT2D eigenvalue weighted by Gasteiger charge is 2.19. The fourth-order valence-corrected chi connectivity index (χ4v) is 3.96. The smallest absolute Gasteiger partial charge is 0.320 e. The number of nitrogens with one attached hydrogen (secondary N) is 4. The Hall–Kier alpha value is -4.18. The van der Waals surface area contributed by atoms with Gasteiger partial charge in [0.2, 0.25) is 5.91 Å². The van der Waals surface area contributed by atoms with Crippen LogP contribution in [0, 0.1) is 6.92 Å². The molecule has 4 amide bonds. The molecule has 0 aliphatic heterocycles. The van der Waals surface area contributed by atoms with Gasteiger partial charge in [-0.1, -0.05) is 60.2 Å². The van der Waals surface area contributed by atoms with Crippen molar-refractivity contribution in [3.05, 3.63) is 88.3 Å². The lowest BCUT2D eigenvalue weighted by Crippen LogP contribution is -2.39. The second-order valence-corrected chi connectivity index (χ2v) is 8.72. The number of aliphatic carboxylic acids is 1. The normalized spacial score (nSPS) is 11.2. The maximum Gasteiger partial charge on any atom is 0.320 e. The number of anilines is 1. The average Bonchev–Trinajstić information content (AvgIpc) is 3.30. The van der Waals surface area contributed by atoms with Crippen molar-refractivity contribution in [2.24, 2.45) is 0 Å². The summed E-state index contributed by atoms with van der Waals surface area (Å²) in [4.78, 5) is 48.1. The lowest BCUT2D eigenvalue weighted by atomic mass is 10.0. The number of hydrogen-bond donors (Lipinski definition) is 5. The minimum Gasteiger partial charge on any atom is -0.481 e. The molecular weight excluding hydrogens is 468 g/mol. The zero-order valence-corrected chi connectivity index (χ0v) is 19.9. The van der Waals surface area contributed by atoms with Crippen LogP contribution in [0.1, 0.15) is 39.5 Å². The maximum atomic E-state index is 12.4. The molecule has 1 aromatic heterocycles. The zero-order chi connectivity index (χ0) is 25.2. The highest BCUT2D eigenvalue weighted by atomic mass is 32.1. The summed E-state index contributed by atoms with van der Waals surface area (Å²) >= 11 is 1.18. The van der Waals surface area contributed by atoms with Crippen LogP contribution in [-0.2, 0) is 16.1 Å². The molecular formula is C25H26N4O5S. The Labute approximate surface area is 206 Å². The summed E-state index contributed by atoms with van der Waals surface area (Å²) < 4.78 is 0. The molecule has 10 heteroatoms. The van der Waals surface area contributed by atoms with Gasteiger partial charge in [0.15, 0.2) is 0 Å². The minimum atomic E-state index is -1.05. The van der Waals surface area contributed by atoms with E-state index >= 15 is 0 Å². The molecule has 182 valence electrons. The van der Waals surface area contributed by atoms with Gasteiger partial charge in [-0.2, -0.15) is 0 Å². The molecule has 0 spiro atoms. The zero-order valence-electron chi connectivity index (χ0n) is 19.0. The van der Waals surface area contributed by atoms with Crippen molar-refractivity contribution < 1.29 is 24.3 Å². The number of carbonyl (C=O) groups excluding carboxylic acids is 3. The SMILES string of the molecule is Cc1ccc(C(CC(=O)O)NC(=O)CNC(=O)c2csc(NC(=O)NCc3ccccc3)c2)cc1. The van der Waals surface area contributed by atoms with E-state index in [-0.39, 0.29) is 13.0 Å². The summed E-state index contributed by atoms with van der Waals surface area (Å²) in [5.41, 5.74) is 2.93. The number of carboxylic acid groups (broad SMARTS) is 1. The third-order valence-corrected chi connectivity index (χ3v) is 5.84. The quantitative estimate of drug-likeness (QED) is 0.294. The van der Waals surface area contributed by atoms with Crippen LogP contribution < -0.4 is 21.3 Å². The Morgan fingerprint density at radius 3 is 2.37 bits per heavy atom. The highest BCUT2D eigenvalue weighted by Crippen LogP contribution is 2.20. The first kappa shape index (κ1) is 25.4. The Kier molecular flexibility index (Phi) is 8.96. The number of aryl methyl sites for hydroxylation is 1. The molecule has 2 aromatic carbocycles. The number of urea groups is 1. The third kappa shape index (κ3) is 8.27. The van der Waals surface area contributed by atoms with Crippen molar-refractivity contribution in [1.82, 2.24) is 16.0 Å². The Morgan fingerprint density at radius 1 is 0.971 bits per heavy atom. The van der Waals surface area contributed by atoms with E-state index in [1.165, 1.54) is 17.4 Å². The molecule has 0 aliphatic rings. The van der Waals surface area contributed by atoms with Crippen LogP contribution in [0.2, 0.25) is 0 Å². The van der Waals surface area contributed by atoms with E-state index in [1.807, 2.05) is 49.4 Å². The van der Waals surface area contributed by atoms with Crippen LogP contribution in [0.4, 0.5) is 9.80 Å². The molecule has 3 rings (SSSR count). The number of benzene rings is 2. The fourth-order valence-electron chi connectivity index (χ4n) is 3.19. The predicted molar refractivity (Wildman–Crippen MR) is 133 cm³/mol.